The third-order valence-electron chi connectivity index (χ3n) is 19.9. The highest BCUT2D eigenvalue weighted by Crippen LogP contribution is 2.66. The zero-order chi connectivity index (χ0) is 49.5. The van der Waals surface area contributed by atoms with Gasteiger partial charge in [-0.25, -0.2) is 0 Å². The van der Waals surface area contributed by atoms with Crippen molar-refractivity contribution in [2.45, 2.75) is 141 Å². The Kier molecular flexibility index (Phi) is 8.96. The molecule has 8 aromatic carbocycles. The van der Waals surface area contributed by atoms with Crippen LogP contribution in [0.4, 0.5) is 39.8 Å². The first-order chi connectivity index (χ1) is 34.5. The Morgan fingerprint density at radius 2 is 1.14 bits per heavy atom. The van der Waals surface area contributed by atoms with Crippen LogP contribution in [0.25, 0.3) is 21.9 Å². The molecule has 0 bridgehead atoms. The van der Waals surface area contributed by atoms with Gasteiger partial charge in [0.05, 0.1) is 16.8 Å². The van der Waals surface area contributed by atoms with Gasteiger partial charge in [-0.1, -0.05) is 183 Å². The minimum Gasteiger partial charge on any atom is -0.334 e. The van der Waals surface area contributed by atoms with Gasteiger partial charge in [0.1, 0.15) is 0 Å². The summed E-state index contributed by atoms with van der Waals surface area (Å²) in [6.07, 6.45) is 7.02. The van der Waals surface area contributed by atoms with Gasteiger partial charge in [0.15, 0.2) is 0 Å². The molecular weight excluding hydrogens is 870 g/mol. The molecule has 0 amide bonds. The lowest BCUT2D eigenvalue weighted by Gasteiger charge is -2.54. The Bertz CT molecular complexity index is 3630. The molecule has 0 spiro atoms. The maximum Gasteiger partial charge on any atom is 0.252 e. The Balaban J connectivity index is 1.14. The van der Waals surface area contributed by atoms with Crippen LogP contribution < -0.4 is 31.1 Å². The molecular formula is C68H68BN3. The van der Waals surface area contributed by atoms with Crippen molar-refractivity contribution in [3.63, 3.8) is 0 Å². The highest BCUT2D eigenvalue weighted by molar-refractivity contribution is 7.00. The Labute approximate surface area is 429 Å². The zero-order valence-electron chi connectivity index (χ0n) is 44.2. The predicted molar refractivity (Wildman–Crippen MR) is 307 cm³/mol. The first kappa shape index (κ1) is 44.2. The summed E-state index contributed by atoms with van der Waals surface area (Å²) >= 11 is 0. The van der Waals surface area contributed by atoms with E-state index in [9.17, 15) is 0 Å². The molecule has 0 aromatic heterocycles. The van der Waals surface area contributed by atoms with Crippen molar-refractivity contribution >= 4 is 73.7 Å². The molecule has 1 fully saturated rings. The van der Waals surface area contributed by atoms with Crippen LogP contribution in [0.5, 0.6) is 0 Å². The number of hydrogen-bond acceptors (Lipinski definition) is 3. The molecule has 4 aliphatic heterocycles. The molecule has 4 heteroatoms. The Hall–Kier alpha value is -6.52. The Morgan fingerprint density at radius 1 is 0.472 bits per heavy atom. The summed E-state index contributed by atoms with van der Waals surface area (Å²) in [5.74, 6) is 0. The SMILES string of the molecule is CC(C)(C)c1ccc2c(c1)B1c3cccc4c3N(c3cc(N5c6ccccc6C6(C)CCCCC56C)cc(c31)N2c1ccc(C(C)(C)C)cc1-c1ccc2ccccc2c1)C1(C)c2ccccc2CCC41C. The van der Waals surface area contributed by atoms with E-state index in [-0.39, 0.29) is 39.5 Å². The van der Waals surface area contributed by atoms with Crippen LogP contribution >= 0.6 is 0 Å². The van der Waals surface area contributed by atoms with Crippen molar-refractivity contribution in [3.8, 4) is 11.1 Å². The molecule has 8 aromatic rings. The lowest BCUT2D eigenvalue weighted by atomic mass is 9.33. The van der Waals surface area contributed by atoms with E-state index in [1.807, 2.05) is 0 Å². The van der Waals surface area contributed by atoms with Crippen LogP contribution in [0.2, 0.25) is 0 Å². The van der Waals surface area contributed by atoms with Crippen molar-refractivity contribution in [3.05, 3.63) is 191 Å². The maximum absolute atomic E-state index is 2.91. The van der Waals surface area contributed by atoms with Crippen LogP contribution in [-0.2, 0) is 33.6 Å². The van der Waals surface area contributed by atoms with E-state index < -0.39 is 0 Å². The highest BCUT2D eigenvalue weighted by Gasteiger charge is 2.64. The molecule has 4 unspecified atom stereocenters. The number of benzene rings is 8. The number of nitrogens with zero attached hydrogens (tertiary/aromatic N) is 3. The van der Waals surface area contributed by atoms with Gasteiger partial charge >= 0.3 is 0 Å². The lowest BCUT2D eigenvalue weighted by Crippen LogP contribution is -2.64. The van der Waals surface area contributed by atoms with Gasteiger partial charge < -0.3 is 14.7 Å². The van der Waals surface area contributed by atoms with Gasteiger partial charge in [0, 0.05) is 50.5 Å². The average molecular weight is 938 g/mol. The summed E-state index contributed by atoms with van der Waals surface area (Å²) in [5.41, 5.74) is 24.0. The predicted octanol–water partition coefficient (Wildman–Crippen LogP) is 15.7. The molecule has 0 N–H and O–H groups in total. The summed E-state index contributed by atoms with van der Waals surface area (Å²) in [7, 11) is 0. The van der Waals surface area contributed by atoms with E-state index in [0.29, 0.717) is 0 Å². The van der Waals surface area contributed by atoms with Crippen LogP contribution in [0, 0.1) is 0 Å². The van der Waals surface area contributed by atoms with Crippen LogP contribution in [0.1, 0.15) is 135 Å². The summed E-state index contributed by atoms with van der Waals surface area (Å²) < 4.78 is 0. The van der Waals surface area contributed by atoms with Crippen LogP contribution in [0.3, 0.4) is 0 Å². The lowest BCUT2D eigenvalue weighted by molar-refractivity contribution is 0.195. The van der Waals surface area contributed by atoms with Crippen molar-refractivity contribution in [1.29, 1.82) is 0 Å². The fourth-order valence-corrected chi connectivity index (χ4v) is 15.6. The van der Waals surface area contributed by atoms with Crippen LogP contribution in [0.15, 0.2) is 158 Å². The minimum absolute atomic E-state index is 0.0134. The largest absolute Gasteiger partial charge is 0.334 e. The van der Waals surface area contributed by atoms with Gasteiger partial charge in [-0.3, -0.25) is 0 Å². The second-order valence-electron chi connectivity index (χ2n) is 25.5. The van der Waals surface area contributed by atoms with E-state index >= 15 is 0 Å². The molecule has 4 heterocycles. The van der Waals surface area contributed by atoms with E-state index in [2.05, 4.69) is 242 Å². The van der Waals surface area contributed by atoms with Crippen molar-refractivity contribution in [2.75, 3.05) is 14.7 Å². The molecule has 1 saturated carbocycles. The first-order valence-electron chi connectivity index (χ1n) is 27.1. The first-order valence-corrected chi connectivity index (χ1v) is 27.1. The third-order valence-corrected chi connectivity index (χ3v) is 19.9. The molecule has 3 nitrogen and oxygen atoms in total. The summed E-state index contributed by atoms with van der Waals surface area (Å²) in [4.78, 5) is 8.47. The fraction of sp³-hybridized carbons (Fsp3) is 0.324. The topological polar surface area (TPSA) is 9.72 Å². The summed E-state index contributed by atoms with van der Waals surface area (Å²) in [6, 6.07) is 62.5. The highest BCUT2D eigenvalue weighted by atomic mass is 15.3. The molecule has 0 radical (unpaired) electrons. The van der Waals surface area contributed by atoms with Crippen molar-refractivity contribution < 1.29 is 0 Å². The molecule has 2 aliphatic carbocycles. The Morgan fingerprint density at radius 3 is 1.93 bits per heavy atom. The second kappa shape index (κ2) is 14.6. The number of para-hydroxylation sites is 2. The standard InChI is InChI=1S/C68H68BN3/c1-63(2,3)47-30-32-56(50(39-47)46-29-28-43-20-11-12-22-45(43)38-46)70-58-33-31-48(64(4,5)6)40-55(58)69-54-26-19-25-53-62(54)72(68(10)51-23-14-13-21-44(51)34-37-66(53,68)8)60-42-49(41-59(70)61(60)69)71-57-27-16-15-24-52(57)65(7)35-17-18-36-67(65,71)9/h11-16,19-33,38-42H,17-18,34-37H2,1-10H3. The van der Waals surface area contributed by atoms with Crippen molar-refractivity contribution in [1.82, 2.24) is 0 Å². The number of hydrogen-bond donors (Lipinski definition) is 0. The number of fused-ring (bicyclic) bond motifs is 13. The number of aryl methyl sites for hydroxylation is 1. The van der Waals surface area contributed by atoms with Gasteiger partial charge in [0.2, 0.25) is 0 Å². The van der Waals surface area contributed by atoms with Gasteiger partial charge in [-0.15, -0.1) is 0 Å². The fourth-order valence-electron chi connectivity index (χ4n) is 15.6. The molecule has 4 atom stereocenters. The quantitative estimate of drug-likeness (QED) is 0.163. The molecule has 6 aliphatic rings. The van der Waals surface area contributed by atoms with Crippen molar-refractivity contribution in [2.24, 2.45) is 0 Å². The van der Waals surface area contributed by atoms with E-state index in [0.717, 1.165) is 19.3 Å². The monoisotopic (exact) mass is 938 g/mol. The van der Waals surface area contributed by atoms with E-state index in [1.165, 1.54) is 131 Å². The normalized spacial score (nSPS) is 24.3. The maximum atomic E-state index is 2.91. The van der Waals surface area contributed by atoms with Crippen LogP contribution in [-0.4, -0.2) is 12.3 Å². The minimum atomic E-state index is -0.340. The number of anilines is 7. The average Bonchev–Trinajstić information content (AvgIpc) is 3.72. The molecule has 14 rings (SSSR count). The summed E-state index contributed by atoms with van der Waals surface area (Å²) in [6.45, 7) is 24.6. The van der Waals surface area contributed by atoms with Gasteiger partial charge in [0.25, 0.3) is 6.71 Å². The zero-order valence-corrected chi connectivity index (χ0v) is 44.2. The van der Waals surface area contributed by atoms with E-state index in [1.54, 1.807) is 0 Å². The smallest absolute Gasteiger partial charge is 0.252 e. The van der Waals surface area contributed by atoms with Gasteiger partial charge in [-0.05, 0) is 159 Å². The molecule has 72 heavy (non-hydrogen) atoms. The van der Waals surface area contributed by atoms with E-state index in [4.69, 9.17) is 0 Å². The number of rotatable bonds is 3. The second-order valence-corrected chi connectivity index (χ2v) is 25.5. The molecule has 0 saturated heterocycles. The van der Waals surface area contributed by atoms with Gasteiger partial charge in [-0.2, -0.15) is 0 Å². The molecule has 358 valence electrons. The third kappa shape index (κ3) is 5.59. The summed E-state index contributed by atoms with van der Waals surface area (Å²) in [5, 5.41) is 2.53.